The van der Waals surface area contributed by atoms with E-state index < -0.39 is 19.5 Å². The zero-order valence-corrected chi connectivity index (χ0v) is 8.86. The van der Waals surface area contributed by atoms with Gasteiger partial charge in [0.15, 0.2) is 0 Å². The standard InChI is InChI=1S/C3H5BF3O2.K/c1-3(8)9-2-4(5,6)7;/h2H2,1H3;/q-1;+1. The molecular formula is C3H5BF3KO2. The molecule has 0 N–H and O–H groups in total. The van der Waals surface area contributed by atoms with Gasteiger partial charge in [0.05, 0.1) is 6.51 Å². The predicted octanol–water partition coefficient (Wildman–Crippen LogP) is -2.06. The number of hydrogen-bond donors (Lipinski definition) is 0. The third-order valence-electron chi connectivity index (χ3n) is 0.476. The molecule has 0 aromatic rings. The van der Waals surface area contributed by atoms with Gasteiger partial charge < -0.3 is 17.7 Å². The summed E-state index contributed by atoms with van der Waals surface area (Å²) in [6.45, 7) is -5.48. The molecule has 0 heterocycles. The van der Waals surface area contributed by atoms with Crippen molar-refractivity contribution in [3.63, 3.8) is 0 Å². The first-order chi connectivity index (χ1) is 3.92. The zero-order valence-electron chi connectivity index (χ0n) is 5.73. The Morgan fingerprint density at radius 2 is 1.90 bits per heavy atom. The van der Waals surface area contributed by atoms with Crippen molar-refractivity contribution < 1.29 is 73.9 Å². The Bertz CT molecular complexity index is 115. The van der Waals surface area contributed by atoms with Gasteiger partial charge in [0, 0.05) is 6.92 Å². The molecule has 2 nitrogen and oxygen atoms in total. The van der Waals surface area contributed by atoms with Gasteiger partial charge in [0.2, 0.25) is 0 Å². The number of hydrogen-bond acceptors (Lipinski definition) is 2. The van der Waals surface area contributed by atoms with Crippen molar-refractivity contribution in [2.45, 2.75) is 6.92 Å². The SMILES string of the molecule is CC(=O)OC[B-](F)(F)F.[K+]. The molecule has 7 heteroatoms. The van der Waals surface area contributed by atoms with E-state index in [9.17, 15) is 17.7 Å². The first-order valence-corrected chi connectivity index (χ1v) is 2.26. The molecule has 54 valence electrons. The summed E-state index contributed by atoms with van der Waals surface area (Å²) in [7, 11) is 0. The minimum Gasteiger partial charge on any atom is -0.496 e. The number of carbonyl (C=O) groups excluding carboxylic acids is 1. The van der Waals surface area contributed by atoms with Crippen LogP contribution in [0.1, 0.15) is 6.92 Å². The van der Waals surface area contributed by atoms with Crippen molar-refractivity contribution >= 4 is 12.9 Å². The van der Waals surface area contributed by atoms with Crippen molar-refractivity contribution in [3.8, 4) is 0 Å². The largest absolute Gasteiger partial charge is 1.00 e. The molecule has 0 bridgehead atoms. The molecule has 0 rings (SSSR count). The van der Waals surface area contributed by atoms with E-state index in [-0.39, 0.29) is 51.4 Å². The van der Waals surface area contributed by atoms with Gasteiger partial charge in [-0.2, -0.15) is 0 Å². The molecule has 0 aromatic carbocycles. The molecule has 0 spiro atoms. The molecular weight excluding hydrogens is 175 g/mol. The van der Waals surface area contributed by atoms with E-state index >= 15 is 0 Å². The Labute approximate surface area is 99.0 Å². The van der Waals surface area contributed by atoms with Crippen LogP contribution in [-0.2, 0) is 9.53 Å². The Hall–Kier alpha value is 0.961. The number of ether oxygens (including phenoxy) is 1. The summed E-state index contributed by atoms with van der Waals surface area (Å²) in [6, 6.07) is 0. The van der Waals surface area contributed by atoms with Gasteiger partial charge >= 0.3 is 58.4 Å². The molecule has 0 saturated heterocycles. The van der Waals surface area contributed by atoms with Crippen LogP contribution in [0.15, 0.2) is 0 Å². The summed E-state index contributed by atoms with van der Waals surface area (Å²) < 4.78 is 37.3. The van der Waals surface area contributed by atoms with E-state index in [0.29, 0.717) is 0 Å². The summed E-state index contributed by atoms with van der Waals surface area (Å²) in [5, 5.41) is 0. The van der Waals surface area contributed by atoms with Gasteiger partial charge in [-0.15, -0.1) is 0 Å². The fourth-order valence-corrected chi connectivity index (χ4v) is 0.212. The summed E-state index contributed by atoms with van der Waals surface area (Å²) >= 11 is 0. The molecule has 0 amide bonds. The van der Waals surface area contributed by atoms with Gasteiger partial charge in [-0.1, -0.05) is 0 Å². The maximum absolute atomic E-state index is 11.2. The van der Waals surface area contributed by atoms with Gasteiger partial charge in [0.1, 0.15) is 0 Å². The molecule has 0 radical (unpaired) electrons. The summed E-state index contributed by atoms with van der Waals surface area (Å²) in [5.74, 6) is -0.908. The van der Waals surface area contributed by atoms with Crippen LogP contribution >= 0.6 is 0 Å². The number of rotatable bonds is 2. The fourth-order valence-electron chi connectivity index (χ4n) is 0.212. The van der Waals surface area contributed by atoms with E-state index in [1.165, 1.54) is 0 Å². The molecule has 0 aliphatic rings. The summed E-state index contributed by atoms with van der Waals surface area (Å²) in [4.78, 5) is 9.78. The van der Waals surface area contributed by atoms with Crippen molar-refractivity contribution in [2.24, 2.45) is 0 Å². The number of halogens is 3. The molecule has 0 unspecified atom stereocenters. The Morgan fingerprint density at radius 1 is 1.50 bits per heavy atom. The smallest absolute Gasteiger partial charge is 0.496 e. The van der Waals surface area contributed by atoms with Crippen molar-refractivity contribution in [1.82, 2.24) is 0 Å². The van der Waals surface area contributed by atoms with Crippen molar-refractivity contribution in [3.05, 3.63) is 0 Å². The van der Waals surface area contributed by atoms with Crippen molar-refractivity contribution in [1.29, 1.82) is 0 Å². The fraction of sp³-hybridized carbons (Fsp3) is 0.667. The molecule has 0 aromatic heterocycles. The minimum absolute atomic E-state index is 0. The van der Waals surface area contributed by atoms with Gasteiger partial charge in [0.25, 0.3) is 5.97 Å². The third kappa shape index (κ3) is 11.7. The average Bonchev–Trinajstić information content (AvgIpc) is 1.59. The second kappa shape index (κ2) is 5.59. The molecule has 0 aliphatic carbocycles. The molecule has 0 aliphatic heterocycles. The Morgan fingerprint density at radius 3 is 2.00 bits per heavy atom. The maximum atomic E-state index is 11.2. The van der Waals surface area contributed by atoms with E-state index in [0.717, 1.165) is 6.92 Å². The zero-order chi connectivity index (χ0) is 7.49. The van der Waals surface area contributed by atoms with E-state index in [2.05, 4.69) is 4.74 Å². The minimum atomic E-state index is -4.97. The number of carbonyl (C=O) groups is 1. The predicted molar refractivity (Wildman–Crippen MR) is 25.7 cm³/mol. The average molecular weight is 180 g/mol. The van der Waals surface area contributed by atoms with Crippen LogP contribution < -0.4 is 51.4 Å². The second-order valence-corrected chi connectivity index (χ2v) is 1.51. The molecule has 0 fully saturated rings. The van der Waals surface area contributed by atoms with Crippen LogP contribution in [0.25, 0.3) is 0 Å². The maximum Gasteiger partial charge on any atom is 1.00 e. The Kier molecular flexibility index (Phi) is 7.57. The van der Waals surface area contributed by atoms with E-state index in [1.807, 2.05) is 0 Å². The Balaban J connectivity index is 0. The monoisotopic (exact) mass is 180 g/mol. The molecule has 10 heavy (non-hydrogen) atoms. The number of esters is 1. The topological polar surface area (TPSA) is 26.3 Å². The second-order valence-electron chi connectivity index (χ2n) is 1.51. The third-order valence-corrected chi connectivity index (χ3v) is 0.476. The van der Waals surface area contributed by atoms with Crippen LogP contribution in [0, 0.1) is 0 Å². The first kappa shape index (κ1) is 13.5. The van der Waals surface area contributed by atoms with E-state index in [1.54, 1.807) is 0 Å². The normalized spacial score (nSPS) is 10.0. The quantitative estimate of drug-likeness (QED) is 0.360. The van der Waals surface area contributed by atoms with Gasteiger partial charge in [-0.25, -0.2) is 0 Å². The van der Waals surface area contributed by atoms with Crippen LogP contribution in [0.4, 0.5) is 12.9 Å². The first-order valence-electron chi connectivity index (χ1n) is 2.26. The van der Waals surface area contributed by atoms with Crippen LogP contribution in [0.3, 0.4) is 0 Å². The molecule has 0 saturated carbocycles. The summed E-state index contributed by atoms with van der Waals surface area (Å²) in [6.07, 6.45) is 0. The van der Waals surface area contributed by atoms with Crippen LogP contribution in [0.5, 0.6) is 0 Å². The van der Waals surface area contributed by atoms with Crippen LogP contribution in [0.2, 0.25) is 0 Å². The molecule has 0 atom stereocenters. The van der Waals surface area contributed by atoms with E-state index in [4.69, 9.17) is 0 Å². The summed E-state index contributed by atoms with van der Waals surface area (Å²) in [5.41, 5.74) is 0. The van der Waals surface area contributed by atoms with Gasteiger partial charge in [-0.3, -0.25) is 4.79 Å². The van der Waals surface area contributed by atoms with Gasteiger partial charge in [-0.05, 0) is 0 Å². The van der Waals surface area contributed by atoms with Crippen molar-refractivity contribution in [2.75, 3.05) is 6.51 Å². The van der Waals surface area contributed by atoms with Crippen LogP contribution in [-0.4, -0.2) is 19.5 Å².